The Morgan fingerprint density at radius 2 is 1.93 bits per heavy atom. The van der Waals surface area contributed by atoms with Crippen LogP contribution in [0.1, 0.15) is 36.6 Å². The van der Waals surface area contributed by atoms with Crippen LogP contribution in [0, 0.1) is 0 Å². The maximum Gasteiger partial charge on any atom is 0.303 e. The topological polar surface area (TPSA) is 37.3 Å². The molecule has 0 bridgehead atoms. The molecule has 0 saturated heterocycles. The molecule has 0 heterocycles. The van der Waals surface area contributed by atoms with Gasteiger partial charge in [-0.15, -0.1) is 11.6 Å². The zero-order valence-corrected chi connectivity index (χ0v) is 9.28. The van der Waals surface area contributed by atoms with Crippen LogP contribution in [0.3, 0.4) is 0 Å². The van der Waals surface area contributed by atoms with Crippen LogP contribution >= 0.6 is 11.6 Å². The fourth-order valence-corrected chi connectivity index (χ4v) is 1.73. The highest BCUT2D eigenvalue weighted by atomic mass is 35.5. The summed E-state index contributed by atoms with van der Waals surface area (Å²) in [7, 11) is 0. The molecule has 0 saturated carbocycles. The molecule has 1 atom stereocenters. The van der Waals surface area contributed by atoms with Gasteiger partial charge in [0.1, 0.15) is 0 Å². The van der Waals surface area contributed by atoms with Gasteiger partial charge in [0.25, 0.3) is 0 Å². The SMILES string of the molecule is O=C(O)CCCCC(Cl)c1ccccc1. The van der Waals surface area contributed by atoms with E-state index in [-0.39, 0.29) is 11.8 Å². The molecule has 0 amide bonds. The highest BCUT2D eigenvalue weighted by molar-refractivity contribution is 6.20. The number of alkyl halides is 1. The fraction of sp³-hybridized carbons (Fsp3) is 0.417. The van der Waals surface area contributed by atoms with Crippen LogP contribution < -0.4 is 0 Å². The number of carboxylic acids is 1. The van der Waals surface area contributed by atoms with Crippen molar-refractivity contribution in [3.63, 3.8) is 0 Å². The van der Waals surface area contributed by atoms with Crippen molar-refractivity contribution in [2.24, 2.45) is 0 Å². The first kappa shape index (κ1) is 12.1. The molecule has 1 rings (SSSR count). The molecule has 1 unspecified atom stereocenters. The molecular formula is C12H15ClO2. The Balaban J connectivity index is 2.25. The third-order valence-corrected chi connectivity index (χ3v) is 2.73. The van der Waals surface area contributed by atoms with Crippen molar-refractivity contribution < 1.29 is 9.90 Å². The molecule has 0 aliphatic rings. The summed E-state index contributed by atoms with van der Waals surface area (Å²) in [6, 6.07) is 9.87. The summed E-state index contributed by atoms with van der Waals surface area (Å²) in [6.45, 7) is 0. The molecule has 0 fully saturated rings. The average Bonchev–Trinajstić information content (AvgIpc) is 2.25. The van der Waals surface area contributed by atoms with Gasteiger partial charge >= 0.3 is 5.97 Å². The van der Waals surface area contributed by atoms with Gasteiger partial charge in [0.05, 0.1) is 5.38 Å². The molecule has 1 aromatic rings. The number of benzene rings is 1. The lowest BCUT2D eigenvalue weighted by Gasteiger charge is -2.08. The standard InChI is InChI=1S/C12H15ClO2/c13-11(8-4-5-9-12(14)15)10-6-2-1-3-7-10/h1-3,6-7,11H,4-5,8-9H2,(H,14,15). The van der Waals surface area contributed by atoms with Crippen LogP contribution in [0.2, 0.25) is 0 Å². The predicted octanol–water partition coefficient (Wildman–Crippen LogP) is 3.61. The van der Waals surface area contributed by atoms with Crippen molar-refractivity contribution in [1.82, 2.24) is 0 Å². The Morgan fingerprint density at radius 1 is 1.27 bits per heavy atom. The fourth-order valence-electron chi connectivity index (χ4n) is 1.43. The second-order valence-corrected chi connectivity index (χ2v) is 4.04. The third kappa shape index (κ3) is 4.84. The van der Waals surface area contributed by atoms with Gasteiger partial charge in [0.2, 0.25) is 0 Å². The molecule has 0 aromatic heterocycles. The smallest absolute Gasteiger partial charge is 0.303 e. The lowest BCUT2D eigenvalue weighted by Crippen LogP contribution is -1.95. The van der Waals surface area contributed by atoms with Gasteiger partial charge in [-0.05, 0) is 18.4 Å². The Bertz CT molecular complexity index is 298. The van der Waals surface area contributed by atoms with E-state index in [2.05, 4.69) is 0 Å². The predicted molar refractivity (Wildman–Crippen MR) is 61.1 cm³/mol. The molecule has 1 N–H and O–H groups in total. The van der Waals surface area contributed by atoms with Crippen molar-refractivity contribution in [1.29, 1.82) is 0 Å². The average molecular weight is 227 g/mol. The first-order valence-corrected chi connectivity index (χ1v) is 5.54. The Morgan fingerprint density at radius 3 is 2.53 bits per heavy atom. The van der Waals surface area contributed by atoms with E-state index in [1.54, 1.807) is 0 Å². The molecule has 15 heavy (non-hydrogen) atoms. The van der Waals surface area contributed by atoms with Gasteiger partial charge in [0.15, 0.2) is 0 Å². The normalized spacial score (nSPS) is 12.3. The molecule has 0 aliphatic heterocycles. The largest absolute Gasteiger partial charge is 0.481 e. The number of unbranched alkanes of at least 4 members (excludes halogenated alkanes) is 1. The van der Waals surface area contributed by atoms with Gasteiger partial charge in [-0.2, -0.15) is 0 Å². The van der Waals surface area contributed by atoms with E-state index in [4.69, 9.17) is 16.7 Å². The van der Waals surface area contributed by atoms with Crippen molar-refractivity contribution in [2.75, 3.05) is 0 Å². The number of halogens is 1. The molecule has 0 radical (unpaired) electrons. The van der Waals surface area contributed by atoms with E-state index in [0.29, 0.717) is 6.42 Å². The molecule has 3 heteroatoms. The maximum atomic E-state index is 10.3. The van der Waals surface area contributed by atoms with Crippen LogP contribution in [0.15, 0.2) is 30.3 Å². The van der Waals surface area contributed by atoms with Gasteiger partial charge < -0.3 is 5.11 Å². The zero-order valence-electron chi connectivity index (χ0n) is 8.53. The monoisotopic (exact) mass is 226 g/mol. The van der Waals surface area contributed by atoms with Crippen LogP contribution in [0.5, 0.6) is 0 Å². The summed E-state index contributed by atoms with van der Waals surface area (Å²) < 4.78 is 0. The first-order valence-electron chi connectivity index (χ1n) is 5.11. The van der Waals surface area contributed by atoms with Crippen LogP contribution in [-0.2, 0) is 4.79 Å². The van der Waals surface area contributed by atoms with Gasteiger partial charge in [-0.1, -0.05) is 36.8 Å². The second kappa shape index (κ2) is 6.46. The summed E-state index contributed by atoms with van der Waals surface area (Å²) in [5.41, 5.74) is 1.11. The molecule has 0 spiro atoms. The van der Waals surface area contributed by atoms with E-state index in [0.717, 1.165) is 18.4 Å². The highest BCUT2D eigenvalue weighted by Gasteiger charge is 2.06. The molecule has 0 aliphatic carbocycles. The number of carboxylic acid groups (broad SMARTS) is 1. The minimum Gasteiger partial charge on any atom is -0.481 e. The molecule has 2 nitrogen and oxygen atoms in total. The van der Waals surface area contributed by atoms with E-state index in [1.807, 2.05) is 30.3 Å². The Labute approximate surface area is 94.9 Å². The van der Waals surface area contributed by atoms with E-state index in [1.165, 1.54) is 0 Å². The number of carbonyl (C=O) groups is 1. The second-order valence-electron chi connectivity index (χ2n) is 3.52. The zero-order chi connectivity index (χ0) is 11.1. The van der Waals surface area contributed by atoms with Crippen molar-refractivity contribution in [3.05, 3.63) is 35.9 Å². The van der Waals surface area contributed by atoms with E-state index < -0.39 is 5.97 Å². The number of hydrogen-bond donors (Lipinski definition) is 1. The van der Waals surface area contributed by atoms with Gasteiger partial charge in [-0.25, -0.2) is 0 Å². The lowest BCUT2D eigenvalue weighted by molar-refractivity contribution is -0.137. The van der Waals surface area contributed by atoms with Crippen molar-refractivity contribution in [2.45, 2.75) is 31.1 Å². The lowest BCUT2D eigenvalue weighted by atomic mass is 10.1. The van der Waals surface area contributed by atoms with Crippen LogP contribution in [-0.4, -0.2) is 11.1 Å². The first-order chi connectivity index (χ1) is 7.20. The van der Waals surface area contributed by atoms with Crippen molar-refractivity contribution in [3.8, 4) is 0 Å². The van der Waals surface area contributed by atoms with Crippen LogP contribution in [0.25, 0.3) is 0 Å². The van der Waals surface area contributed by atoms with E-state index in [9.17, 15) is 4.79 Å². The van der Waals surface area contributed by atoms with Crippen LogP contribution in [0.4, 0.5) is 0 Å². The summed E-state index contributed by atoms with van der Waals surface area (Å²) in [5, 5.41) is 8.46. The summed E-state index contributed by atoms with van der Waals surface area (Å²) in [6.07, 6.45) is 2.62. The molecule has 1 aromatic carbocycles. The third-order valence-electron chi connectivity index (χ3n) is 2.26. The van der Waals surface area contributed by atoms with Gasteiger partial charge in [0, 0.05) is 6.42 Å². The number of hydrogen-bond acceptors (Lipinski definition) is 1. The van der Waals surface area contributed by atoms with Crippen molar-refractivity contribution >= 4 is 17.6 Å². The summed E-state index contributed by atoms with van der Waals surface area (Å²) in [4.78, 5) is 10.3. The Hall–Kier alpha value is -1.02. The van der Waals surface area contributed by atoms with E-state index >= 15 is 0 Å². The highest BCUT2D eigenvalue weighted by Crippen LogP contribution is 2.25. The minimum absolute atomic E-state index is 0.00000472. The maximum absolute atomic E-state index is 10.3. The Kier molecular flexibility index (Phi) is 5.19. The minimum atomic E-state index is -0.735. The van der Waals surface area contributed by atoms with Gasteiger partial charge in [-0.3, -0.25) is 4.79 Å². The quantitative estimate of drug-likeness (QED) is 0.594. The number of aliphatic carboxylic acids is 1. The summed E-state index contributed by atoms with van der Waals surface area (Å²) >= 11 is 6.17. The molecular weight excluding hydrogens is 212 g/mol. The molecule has 82 valence electrons. The number of rotatable bonds is 6. The summed E-state index contributed by atoms with van der Waals surface area (Å²) in [5.74, 6) is -0.735.